The summed E-state index contributed by atoms with van der Waals surface area (Å²) in [5.74, 6) is 0.427. The average Bonchev–Trinajstić information content (AvgIpc) is 3.17. The summed E-state index contributed by atoms with van der Waals surface area (Å²) in [7, 11) is 1.65. The van der Waals surface area contributed by atoms with Crippen LogP contribution in [0.2, 0.25) is 0 Å². The first-order valence-corrected chi connectivity index (χ1v) is 8.88. The van der Waals surface area contributed by atoms with Gasteiger partial charge in [-0.25, -0.2) is 0 Å². The molecule has 136 valence electrons. The number of carbonyl (C=O) groups is 1. The Morgan fingerprint density at radius 1 is 1.44 bits per heavy atom. The number of fused-ring (bicyclic) bond motifs is 1. The predicted molar refractivity (Wildman–Crippen MR) is 96.7 cm³/mol. The van der Waals surface area contributed by atoms with Gasteiger partial charge in [-0.05, 0) is 42.5 Å². The molecule has 0 bridgehead atoms. The van der Waals surface area contributed by atoms with Gasteiger partial charge in [0.15, 0.2) is 0 Å². The molecule has 1 aliphatic rings. The van der Waals surface area contributed by atoms with Crippen molar-refractivity contribution in [3.63, 3.8) is 0 Å². The highest BCUT2D eigenvalue weighted by Gasteiger charge is 2.35. The zero-order valence-corrected chi connectivity index (χ0v) is 15.4. The van der Waals surface area contributed by atoms with Crippen LogP contribution >= 0.6 is 0 Å². The van der Waals surface area contributed by atoms with Crippen LogP contribution < -0.4 is 0 Å². The molecule has 3 rings (SSSR count). The van der Waals surface area contributed by atoms with Crippen molar-refractivity contribution in [2.24, 2.45) is 0 Å². The van der Waals surface area contributed by atoms with E-state index in [1.807, 2.05) is 6.07 Å². The van der Waals surface area contributed by atoms with Crippen LogP contribution in [0.25, 0.3) is 11.0 Å². The average molecular weight is 345 g/mol. The minimum absolute atomic E-state index is 0.00242. The molecule has 0 radical (unpaired) electrons. The van der Waals surface area contributed by atoms with Gasteiger partial charge in [-0.2, -0.15) is 0 Å². The molecule has 5 nitrogen and oxygen atoms in total. The number of hydrogen-bond donors (Lipinski definition) is 1. The van der Waals surface area contributed by atoms with Crippen LogP contribution in [-0.2, 0) is 16.0 Å². The highest BCUT2D eigenvalue weighted by Crippen LogP contribution is 2.30. The molecule has 0 saturated carbocycles. The van der Waals surface area contributed by atoms with E-state index in [-0.39, 0.29) is 31.1 Å². The molecule has 5 heteroatoms. The van der Waals surface area contributed by atoms with Crippen molar-refractivity contribution in [3.8, 4) is 0 Å². The number of aliphatic hydroxyl groups excluding tert-OH is 1. The standard InChI is InChI=1S/C20H27NO4/c1-12(2)17-8-18-14(11-25-19(18)5-13(17)3)6-20(23)21-9-16(24-4)7-15(21)10-22/h5,8,11-12,15-16,22H,6-7,9-10H2,1-4H3/t15-,16+/m0/s1. The van der Waals surface area contributed by atoms with Crippen molar-refractivity contribution in [1.29, 1.82) is 0 Å². The van der Waals surface area contributed by atoms with Crippen LogP contribution in [0, 0.1) is 6.92 Å². The van der Waals surface area contributed by atoms with Crippen LogP contribution in [-0.4, -0.2) is 48.3 Å². The monoisotopic (exact) mass is 345 g/mol. The molecular formula is C20H27NO4. The fraction of sp³-hybridized carbons (Fsp3) is 0.550. The third-order valence-electron chi connectivity index (χ3n) is 5.25. The quantitative estimate of drug-likeness (QED) is 0.905. The summed E-state index contributed by atoms with van der Waals surface area (Å²) in [5, 5.41) is 10.6. The third-order valence-corrected chi connectivity index (χ3v) is 5.25. The Labute approximate surface area is 148 Å². The first-order chi connectivity index (χ1) is 11.9. The van der Waals surface area contributed by atoms with Crippen LogP contribution in [0.5, 0.6) is 0 Å². The first kappa shape index (κ1) is 18.0. The summed E-state index contributed by atoms with van der Waals surface area (Å²) in [4.78, 5) is 14.5. The van der Waals surface area contributed by atoms with E-state index in [0.29, 0.717) is 18.9 Å². The Balaban J connectivity index is 1.85. The van der Waals surface area contributed by atoms with E-state index >= 15 is 0 Å². The van der Waals surface area contributed by atoms with Gasteiger partial charge in [-0.15, -0.1) is 0 Å². The van der Waals surface area contributed by atoms with Gasteiger partial charge < -0.3 is 19.2 Å². The number of aryl methyl sites for hydroxylation is 1. The molecule has 2 heterocycles. The summed E-state index contributed by atoms with van der Waals surface area (Å²) >= 11 is 0. The lowest BCUT2D eigenvalue weighted by molar-refractivity contribution is -0.132. The molecular weight excluding hydrogens is 318 g/mol. The molecule has 1 amide bonds. The number of aliphatic hydroxyl groups is 1. The number of likely N-dealkylation sites (tertiary alicyclic amines) is 1. The summed E-state index contributed by atoms with van der Waals surface area (Å²) in [6.45, 7) is 6.92. The minimum Gasteiger partial charge on any atom is -0.464 e. The molecule has 0 aliphatic carbocycles. The molecule has 25 heavy (non-hydrogen) atoms. The van der Waals surface area contributed by atoms with E-state index < -0.39 is 0 Å². The van der Waals surface area contributed by atoms with Crippen LogP contribution in [0.15, 0.2) is 22.8 Å². The molecule has 1 aliphatic heterocycles. The maximum atomic E-state index is 12.8. The van der Waals surface area contributed by atoms with Crippen molar-refractivity contribution in [2.45, 2.75) is 51.7 Å². The fourth-order valence-corrected chi connectivity index (χ4v) is 3.79. The molecule has 1 N–H and O–H groups in total. The van der Waals surface area contributed by atoms with Crippen molar-refractivity contribution in [1.82, 2.24) is 4.90 Å². The van der Waals surface area contributed by atoms with E-state index in [1.165, 1.54) is 11.1 Å². The lowest BCUT2D eigenvalue weighted by Gasteiger charge is -2.22. The number of nitrogens with zero attached hydrogens (tertiary/aromatic N) is 1. The lowest BCUT2D eigenvalue weighted by atomic mass is 9.95. The Morgan fingerprint density at radius 3 is 2.84 bits per heavy atom. The second kappa shape index (κ2) is 7.18. The number of methoxy groups -OCH3 is 1. The molecule has 0 unspecified atom stereocenters. The van der Waals surface area contributed by atoms with Crippen LogP contribution in [0.1, 0.15) is 42.9 Å². The van der Waals surface area contributed by atoms with Gasteiger partial charge in [0, 0.05) is 24.6 Å². The van der Waals surface area contributed by atoms with Gasteiger partial charge in [-0.3, -0.25) is 4.79 Å². The normalized spacial score (nSPS) is 20.8. The highest BCUT2D eigenvalue weighted by atomic mass is 16.5. The predicted octanol–water partition coefficient (Wildman–Crippen LogP) is 3.02. The lowest BCUT2D eigenvalue weighted by Crippen LogP contribution is -2.38. The molecule has 1 fully saturated rings. The van der Waals surface area contributed by atoms with Crippen LogP contribution in [0.3, 0.4) is 0 Å². The molecule has 1 saturated heterocycles. The van der Waals surface area contributed by atoms with Gasteiger partial charge in [0.25, 0.3) is 0 Å². The van der Waals surface area contributed by atoms with E-state index in [2.05, 4.69) is 26.8 Å². The second-order valence-electron chi connectivity index (χ2n) is 7.27. The van der Waals surface area contributed by atoms with Crippen LogP contribution in [0.4, 0.5) is 0 Å². The number of carbonyl (C=O) groups excluding carboxylic acids is 1. The zero-order chi connectivity index (χ0) is 18.1. The summed E-state index contributed by atoms with van der Waals surface area (Å²) < 4.78 is 11.0. The Morgan fingerprint density at radius 2 is 2.20 bits per heavy atom. The van der Waals surface area contributed by atoms with Gasteiger partial charge in [0.05, 0.1) is 31.4 Å². The van der Waals surface area contributed by atoms with Crippen molar-refractivity contribution < 1.29 is 19.1 Å². The Bertz CT molecular complexity index is 764. The SMILES string of the molecule is CO[C@@H]1C[C@@H](CO)N(C(=O)Cc2coc3cc(C)c(C(C)C)cc23)C1. The largest absolute Gasteiger partial charge is 0.464 e. The number of hydrogen-bond acceptors (Lipinski definition) is 4. The van der Waals surface area contributed by atoms with Crippen molar-refractivity contribution >= 4 is 16.9 Å². The number of rotatable bonds is 5. The maximum absolute atomic E-state index is 12.8. The highest BCUT2D eigenvalue weighted by molar-refractivity contribution is 5.88. The van der Waals surface area contributed by atoms with Crippen molar-refractivity contribution in [2.75, 3.05) is 20.3 Å². The Kier molecular flexibility index (Phi) is 5.16. The van der Waals surface area contributed by atoms with Gasteiger partial charge in [0.2, 0.25) is 5.91 Å². The van der Waals surface area contributed by atoms with Gasteiger partial charge >= 0.3 is 0 Å². The molecule has 1 aromatic carbocycles. The summed E-state index contributed by atoms with van der Waals surface area (Å²) in [6, 6.07) is 4.03. The molecule has 2 atom stereocenters. The summed E-state index contributed by atoms with van der Waals surface area (Å²) in [5.41, 5.74) is 4.20. The Hall–Kier alpha value is -1.85. The fourth-order valence-electron chi connectivity index (χ4n) is 3.79. The number of benzene rings is 1. The van der Waals surface area contributed by atoms with E-state index in [0.717, 1.165) is 16.5 Å². The molecule has 2 aromatic rings. The molecule has 0 spiro atoms. The smallest absolute Gasteiger partial charge is 0.227 e. The van der Waals surface area contributed by atoms with E-state index in [9.17, 15) is 9.90 Å². The minimum atomic E-state index is -0.163. The van der Waals surface area contributed by atoms with Gasteiger partial charge in [0.1, 0.15) is 5.58 Å². The van der Waals surface area contributed by atoms with E-state index in [4.69, 9.17) is 9.15 Å². The number of amides is 1. The summed E-state index contributed by atoms with van der Waals surface area (Å²) in [6.07, 6.45) is 2.64. The number of ether oxygens (including phenoxy) is 1. The maximum Gasteiger partial charge on any atom is 0.227 e. The number of furan rings is 1. The van der Waals surface area contributed by atoms with Gasteiger partial charge in [-0.1, -0.05) is 13.8 Å². The topological polar surface area (TPSA) is 62.9 Å². The molecule has 1 aromatic heterocycles. The first-order valence-electron chi connectivity index (χ1n) is 8.88. The van der Waals surface area contributed by atoms with Crippen molar-refractivity contribution in [3.05, 3.63) is 35.1 Å². The third kappa shape index (κ3) is 3.44. The second-order valence-corrected chi connectivity index (χ2v) is 7.27. The zero-order valence-electron chi connectivity index (χ0n) is 15.4. The van der Waals surface area contributed by atoms with E-state index in [1.54, 1.807) is 18.3 Å².